The Balaban J connectivity index is 2.08. The lowest BCUT2D eigenvalue weighted by atomic mass is 9.98. The molecule has 1 aromatic carbocycles. The first kappa shape index (κ1) is 15.4. The highest BCUT2D eigenvalue weighted by Gasteiger charge is 2.17. The number of nitrogens with zero attached hydrogens (tertiary/aromatic N) is 1. The van der Waals surface area contributed by atoms with E-state index >= 15 is 0 Å². The summed E-state index contributed by atoms with van der Waals surface area (Å²) in [6.07, 6.45) is 6.38. The van der Waals surface area contributed by atoms with Crippen LogP contribution in [0.15, 0.2) is 18.2 Å². The lowest BCUT2D eigenvalue weighted by Crippen LogP contribution is -2.25. The van der Waals surface area contributed by atoms with Gasteiger partial charge in [-0.05, 0) is 62.6 Å². The van der Waals surface area contributed by atoms with E-state index < -0.39 is 0 Å². The molecule has 2 N–H and O–H groups in total. The van der Waals surface area contributed by atoms with Crippen molar-refractivity contribution in [1.82, 2.24) is 0 Å². The molecule has 112 valence electrons. The van der Waals surface area contributed by atoms with E-state index in [2.05, 4.69) is 43.9 Å². The standard InChI is InChI=1S/C18H30N2/c1-4-16-6-5-10-20(11-9-16)18-8-7-17(12-14(18)2)13-15(3)19/h7-8,12,15-16H,4-6,9-11,13,19H2,1-3H3. The smallest absolute Gasteiger partial charge is 0.0396 e. The van der Waals surface area contributed by atoms with E-state index in [4.69, 9.17) is 5.73 Å². The third-order valence-corrected chi connectivity index (χ3v) is 4.58. The zero-order chi connectivity index (χ0) is 14.5. The zero-order valence-corrected chi connectivity index (χ0v) is 13.4. The maximum Gasteiger partial charge on any atom is 0.0396 e. The fourth-order valence-corrected chi connectivity index (χ4v) is 3.39. The first-order chi connectivity index (χ1) is 9.60. The predicted octanol–water partition coefficient (Wildman–Crippen LogP) is 3.90. The molecule has 1 aromatic rings. The SMILES string of the molecule is CCC1CCCN(c2ccc(CC(C)N)cc2C)CC1. The Morgan fingerprint density at radius 3 is 2.75 bits per heavy atom. The van der Waals surface area contributed by atoms with Gasteiger partial charge in [0.05, 0.1) is 0 Å². The largest absolute Gasteiger partial charge is 0.371 e. The summed E-state index contributed by atoms with van der Waals surface area (Å²) >= 11 is 0. The number of anilines is 1. The van der Waals surface area contributed by atoms with Gasteiger partial charge in [0.15, 0.2) is 0 Å². The van der Waals surface area contributed by atoms with Gasteiger partial charge in [0, 0.05) is 24.8 Å². The number of hydrogen-bond donors (Lipinski definition) is 1. The molecule has 2 unspecified atom stereocenters. The van der Waals surface area contributed by atoms with Crippen LogP contribution in [0, 0.1) is 12.8 Å². The van der Waals surface area contributed by atoms with Crippen LogP contribution < -0.4 is 10.6 Å². The van der Waals surface area contributed by atoms with Gasteiger partial charge >= 0.3 is 0 Å². The fourth-order valence-electron chi connectivity index (χ4n) is 3.39. The second-order valence-corrected chi connectivity index (χ2v) is 6.49. The summed E-state index contributed by atoms with van der Waals surface area (Å²) in [6, 6.07) is 7.12. The molecule has 0 amide bonds. The molecule has 2 atom stereocenters. The Bertz CT molecular complexity index is 425. The fraction of sp³-hybridized carbons (Fsp3) is 0.667. The third-order valence-electron chi connectivity index (χ3n) is 4.58. The molecule has 0 radical (unpaired) electrons. The van der Waals surface area contributed by atoms with Crippen molar-refractivity contribution in [1.29, 1.82) is 0 Å². The summed E-state index contributed by atoms with van der Waals surface area (Å²) < 4.78 is 0. The number of hydrogen-bond acceptors (Lipinski definition) is 2. The molecule has 0 spiro atoms. The summed E-state index contributed by atoms with van der Waals surface area (Å²) in [7, 11) is 0. The molecule has 2 rings (SSSR count). The highest BCUT2D eigenvalue weighted by atomic mass is 15.1. The van der Waals surface area contributed by atoms with E-state index in [1.165, 1.54) is 55.6 Å². The molecule has 0 aliphatic carbocycles. The van der Waals surface area contributed by atoms with Gasteiger partial charge in [0.25, 0.3) is 0 Å². The molecule has 0 bridgehead atoms. The quantitative estimate of drug-likeness (QED) is 0.902. The second kappa shape index (κ2) is 7.12. The van der Waals surface area contributed by atoms with E-state index in [0.29, 0.717) is 0 Å². The van der Waals surface area contributed by atoms with Gasteiger partial charge in [-0.15, -0.1) is 0 Å². The van der Waals surface area contributed by atoms with Crippen LogP contribution in [0.25, 0.3) is 0 Å². The Labute approximate surface area is 124 Å². The molecule has 20 heavy (non-hydrogen) atoms. The van der Waals surface area contributed by atoms with Crippen molar-refractivity contribution in [2.75, 3.05) is 18.0 Å². The van der Waals surface area contributed by atoms with Crippen molar-refractivity contribution in [3.05, 3.63) is 29.3 Å². The Morgan fingerprint density at radius 2 is 2.10 bits per heavy atom. The van der Waals surface area contributed by atoms with E-state index in [1.54, 1.807) is 0 Å². The van der Waals surface area contributed by atoms with Crippen molar-refractivity contribution in [3.8, 4) is 0 Å². The number of rotatable bonds is 4. The monoisotopic (exact) mass is 274 g/mol. The minimum absolute atomic E-state index is 0.240. The molecule has 1 fully saturated rings. The van der Waals surface area contributed by atoms with Crippen molar-refractivity contribution < 1.29 is 0 Å². The molecular weight excluding hydrogens is 244 g/mol. The first-order valence-electron chi connectivity index (χ1n) is 8.20. The third kappa shape index (κ3) is 3.99. The summed E-state index contributed by atoms with van der Waals surface area (Å²) in [4.78, 5) is 2.58. The summed E-state index contributed by atoms with van der Waals surface area (Å²) in [5.74, 6) is 0.928. The molecule has 1 heterocycles. The lowest BCUT2D eigenvalue weighted by molar-refractivity contribution is 0.459. The van der Waals surface area contributed by atoms with Crippen molar-refractivity contribution in [2.45, 2.75) is 58.9 Å². The van der Waals surface area contributed by atoms with Crippen LogP contribution in [-0.2, 0) is 6.42 Å². The van der Waals surface area contributed by atoms with E-state index in [-0.39, 0.29) is 6.04 Å². The van der Waals surface area contributed by atoms with Gasteiger partial charge in [-0.3, -0.25) is 0 Å². The van der Waals surface area contributed by atoms with Crippen molar-refractivity contribution in [3.63, 3.8) is 0 Å². The average Bonchev–Trinajstić information content (AvgIpc) is 2.63. The molecule has 1 saturated heterocycles. The molecular formula is C18H30N2. The highest BCUT2D eigenvalue weighted by Crippen LogP contribution is 2.27. The molecule has 1 aliphatic heterocycles. The second-order valence-electron chi connectivity index (χ2n) is 6.49. The minimum Gasteiger partial charge on any atom is -0.371 e. The highest BCUT2D eigenvalue weighted by molar-refractivity contribution is 5.54. The number of benzene rings is 1. The van der Waals surface area contributed by atoms with Gasteiger partial charge in [-0.1, -0.05) is 25.5 Å². The van der Waals surface area contributed by atoms with Crippen LogP contribution in [0.5, 0.6) is 0 Å². The van der Waals surface area contributed by atoms with Crippen molar-refractivity contribution in [2.24, 2.45) is 11.7 Å². The van der Waals surface area contributed by atoms with E-state index in [9.17, 15) is 0 Å². The minimum atomic E-state index is 0.240. The van der Waals surface area contributed by atoms with Gasteiger partial charge in [0.2, 0.25) is 0 Å². The average molecular weight is 274 g/mol. The van der Waals surface area contributed by atoms with Gasteiger partial charge < -0.3 is 10.6 Å². The lowest BCUT2D eigenvalue weighted by Gasteiger charge is -2.25. The molecule has 2 nitrogen and oxygen atoms in total. The van der Waals surface area contributed by atoms with Crippen molar-refractivity contribution >= 4 is 5.69 Å². The molecule has 2 heteroatoms. The van der Waals surface area contributed by atoms with Crippen LogP contribution in [0.2, 0.25) is 0 Å². The first-order valence-corrected chi connectivity index (χ1v) is 8.20. The van der Waals surface area contributed by atoms with Crippen LogP contribution in [0.4, 0.5) is 5.69 Å². The van der Waals surface area contributed by atoms with Crippen LogP contribution in [-0.4, -0.2) is 19.1 Å². The zero-order valence-electron chi connectivity index (χ0n) is 13.4. The van der Waals surface area contributed by atoms with Crippen LogP contribution >= 0.6 is 0 Å². The molecule has 0 saturated carbocycles. The molecule has 0 aromatic heterocycles. The predicted molar refractivity (Wildman–Crippen MR) is 88.4 cm³/mol. The summed E-state index contributed by atoms with van der Waals surface area (Å²) in [5.41, 5.74) is 10.1. The van der Waals surface area contributed by atoms with Gasteiger partial charge in [0.1, 0.15) is 0 Å². The number of nitrogens with two attached hydrogens (primary N) is 1. The van der Waals surface area contributed by atoms with Gasteiger partial charge in [-0.25, -0.2) is 0 Å². The van der Waals surface area contributed by atoms with Gasteiger partial charge in [-0.2, -0.15) is 0 Å². The van der Waals surface area contributed by atoms with E-state index in [0.717, 1.165) is 12.3 Å². The normalized spacial score (nSPS) is 21.6. The Morgan fingerprint density at radius 1 is 1.30 bits per heavy atom. The molecule has 1 aliphatic rings. The summed E-state index contributed by atoms with van der Waals surface area (Å²) in [6.45, 7) is 9.06. The topological polar surface area (TPSA) is 29.3 Å². The number of aryl methyl sites for hydroxylation is 1. The van der Waals surface area contributed by atoms with Crippen LogP contribution in [0.1, 0.15) is 50.7 Å². The summed E-state index contributed by atoms with van der Waals surface area (Å²) in [5, 5.41) is 0. The van der Waals surface area contributed by atoms with Crippen LogP contribution in [0.3, 0.4) is 0 Å². The maximum atomic E-state index is 5.90. The Hall–Kier alpha value is -1.02. The maximum absolute atomic E-state index is 5.90. The van der Waals surface area contributed by atoms with E-state index in [1.807, 2.05) is 0 Å². The Kier molecular flexibility index (Phi) is 5.47.